The van der Waals surface area contributed by atoms with Crippen molar-refractivity contribution in [3.63, 3.8) is 0 Å². The largest absolute Gasteiger partial charge is 0.395 e. The second-order valence-corrected chi connectivity index (χ2v) is 7.58. The monoisotopic (exact) mass is 508 g/mol. The van der Waals surface area contributed by atoms with Crippen molar-refractivity contribution in [2.45, 2.75) is 13.1 Å². The molecular weight excluding hydrogens is 484 g/mol. The van der Waals surface area contributed by atoms with Crippen molar-refractivity contribution in [1.82, 2.24) is 9.80 Å². The molecule has 1 saturated heterocycles. The summed E-state index contributed by atoms with van der Waals surface area (Å²) in [6, 6.07) is 12.6. The molecule has 2 aromatic rings. The number of para-hydroxylation sites is 2. The third kappa shape index (κ3) is 8.28. The number of benzene rings is 2. The standard InChI is InChI=1S/C11H13ClN2O4.C11H12N2O4/c12-7-11(16)13(5-6-15)8-9-3-1-2-4-10(9)14(17)18;14-11-8-17-6-5-12(11)7-9-3-1-2-4-10(9)13(15)16/h1-4,15H,5-8H2;1-4H,5-8H2. The summed E-state index contributed by atoms with van der Waals surface area (Å²) in [6.07, 6.45) is 0. The molecule has 35 heavy (non-hydrogen) atoms. The molecule has 2 amide bonds. The molecular formula is C22H25ClN4O8. The molecule has 188 valence electrons. The van der Waals surface area contributed by atoms with E-state index in [0.717, 1.165) is 0 Å². The summed E-state index contributed by atoms with van der Waals surface area (Å²) in [5.74, 6) is -0.723. The van der Waals surface area contributed by atoms with Crippen molar-refractivity contribution in [3.8, 4) is 0 Å². The Hall–Kier alpha value is -3.61. The molecule has 0 atom stereocenters. The lowest BCUT2D eigenvalue weighted by atomic mass is 10.1. The summed E-state index contributed by atoms with van der Waals surface area (Å²) in [7, 11) is 0. The zero-order chi connectivity index (χ0) is 25.8. The smallest absolute Gasteiger partial charge is 0.274 e. The van der Waals surface area contributed by atoms with E-state index >= 15 is 0 Å². The number of carbonyl (C=O) groups is 2. The minimum absolute atomic E-state index is 0.0480. The Balaban J connectivity index is 0.000000247. The fourth-order valence-electron chi connectivity index (χ4n) is 3.27. The number of nitro benzene ring substituents is 2. The SMILES string of the molecule is O=C(CCl)N(CCO)Cc1ccccc1[N+](=O)[O-].O=C1COCCN1Cc1ccccc1[N+](=O)[O-]. The second-order valence-electron chi connectivity index (χ2n) is 7.31. The maximum absolute atomic E-state index is 11.5. The highest BCUT2D eigenvalue weighted by molar-refractivity contribution is 6.27. The van der Waals surface area contributed by atoms with Gasteiger partial charge in [0.1, 0.15) is 12.5 Å². The molecule has 0 bridgehead atoms. The maximum atomic E-state index is 11.5. The van der Waals surface area contributed by atoms with Gasteiger partial charge in [-0.15, -0.1) is 11.6 Å². The summed E-state index contributed by atoms with van der Waals surface area (Å²) < 4.78 is 5.00. The molecule has 13 heteroatoms. The van der Waals surface area contributed by atoms with Crippen LogP contribution in [0.3, 0.4) is 0 Å². The Morgan fingerprint density at radius 3 is 2.17 bits per heavy atom. The van der Waals surface area contributed by atoms with Gasteiger partial charge >= 0.3 is 0 Å². The van der Waals surface area contributed by atoms with Gasteiger partial charge in [0.05, 0.1) is 36.1 Å². The number of ether oxygens (including phenoxy) is 1. The van der Waals surface area contributed by atoms with Gasteiger partial charge in [-0.05, 0) is 0 Å². The number of morpholine rings is 1. The Morgan fingerprint density at radius 2 is 1.63 bits per heavy atom. The van der Waals surface area contributed by atoms with Crippen LogP contribution >= 0.6 is 11.6 Å². The molecule has 0 unspecified atom stereocenters. The van der Waals surface area contributed by atoms with E-state index in [0.29, 0.717) is 24.3 Å². The molecule has 0 saturated carbocycles. The minimum Gasteiger partial charge on any atom is -0.395 e. The van der Waals surface area contributed by atoms with Gasteiger partial charge in [-0.3, -0.25) is 29.8 Å². The van der Waals surface area contributed by atoms with E-state index < -0.39 is 9.85 Å². The molecule has 0 aromatic heterocycles. The molecule has 3 rings (SSSR count). The first-order valence-electron chi connectivity index (χ1n) is 10.5. The molecule has 12 nitrogen and oxygen atoms in total. The Labute approximate surface area is 205 Å². The van der Waals surface area contributed by atoms with Crippen molar-refractivity contribution in [3.05, 3.63) is 79.9 Å². The fraction of sp³-hybridized carbons (Fsp3) is 0.364. The average Bonchev–Trinajstić information content (AvgIpc) is 2.85. The van der Waals surface area contributed by atoms with Crippen LogP contribution < -0.4 is 0 Å². The number of aliphatic hydroxyl groups is 1. The van der Waals surface area contributed by atoms with Gasteiger partial charge in [-0.2, -0.15) is 0 Å². The van der Waals surface area contributed by atoms with E-state index in [1.165, 1.54) is 17.0 Å². The molecule has 1 fully saturated rings. The Morgan fingerprint density at radius 1 is 1.06 bits per heavy atom. The fourth-order valence-corrected chi connectivity index (χ4v) is 3.44. The van der Waals surface area contributed by atoms with Crippen LogP contribution in [-0.2, 0) is 27.4 Å². The summed E-state index contributed by atoms with van der Waals surface area (Å²) in [5, 5.41) is 30.5. The molecule has 1 heterocycles. The number of aliphatic hydroxyl groups excluding tert-OH is 1. The summed E-state index contributed by atoms with van der Waals surface area (Å²) in [6.45, 7) is 1.21. The number of carbonyl (C=O) groups excluding carboxylic acids is 2. The van der Waals surface area contributed by atoms with Crippen LogP contribution in [0.25, 0.3) is 0 Å². The van der Waals surface area contributed by atoms with Crippen LogP contribution in [0.5, 0.6) is 0 Å². The van der Waals surface area contributed by atoms with Gasteiger partial charge < -0.3 is 19.6 Å². The maximum Gasteiger partial charge on any atom is 0.274 e. The van der Waals surface area contributed by atoms with Gasteiger partial charge in [0.15, 0.2) is 0 Å². The zero-order valence-corrected chi connectivity index (χ0v) is 19.5. The lowest BCUT2D eigenvalue weighted by Gasteiger charge is -2.26. The first-order chi connectivity index (χ1) is 16.8. The van der Waals surface area contributed by atoms with Gasteiger partial charge in [0.2, 0.25) is 11.8 Å². The van der Waals surface area contributed by atoms with Gasteiger partial charge in [0, 0.05) is 36.3 Å². The topological polar surface area (TPSA) is 156 Å². The van der Waals surface area contributed by atoms with Crippen molar-refractivity contribution in [2.75, 3.05) is 38.8 Å². The Kier molecular flexibility index (Phi) is 11.0. The number of rotatable bonds is 9. The minimum atomic E-state index is -0.502. The van der Waals surface area contributed by atoms with E-state index in [2.05, 4.69) is 0 Å². The number of nitrogens with zero attached hydrogens (tertiary/aromatic N) is 4. The van der Waals surface area contributed by atoms with Crippen LogP contribution in [0.4, 0.5) is 11.4 Å². The molecule has 1 N–H and O–H groups in total. The first kappa shape index (κ1) is 27.6. The van der Waals surface area contributed by atoms with Crippen molar-refractivity contribution in [2.24, 2.45) is 0 Å². The predicted molar refractivity (Wildman–Crippen MR) is 126 cm³/mol. The van der Waals surface area contributed by atoms with E-state index in [9.17, 15) is 29.8 Å². The number of alkyl halides is 1. The third-order valence-corrected chi connectivity index (χ3v) is 5.25. The quantitative estimate of drug-likeness (QED) is 0.306. The van der Waals surface area contributed by atoms with Crippen LogP contribution in [-0.4, -0.2) is 75.4 Å². The van der Waals surface area contributed by atoms with Crippen LogP contribution in [0.1, 0.15) is 11.1 Å². The number of halogens is 1. The van der Waals surface area contributed by atoms with Crippen LogP contribution in [0.15, 0.2) is 48.5 Å². The highest BCUT2D eigenvalue weighted by atomic mass is 35.5. The van der Waals surface area contributed by atoms with Gasteiger partial charge in [0.25, 0.3) is 11.4 Å². The van der Waals surface area contributed by atoms with E-state index in [1.54, 1.807) is 41.3 Å². The summed E-state index contributed by atoms with van der Waals surface area (Å²) in [5.41, 5.74) is 0.955. The molecule has 0 aliphatic carbocycles. The Bertz CT molecular complexity index is 1050. The van der Waals surface area contributed by atoms with Crippen molar-refractivity contribution >= 4 is 34.8 Å². The lowest BCUT2D eigenvalue weighted by Crippen LogP contribution is -2.41. The van der Waals surface area contributed by atoms with Gasteiger partial charge in [-0.25, -0.2) is 0 Å². The third-order valence-electron chi connectivity index (χ3n) is 5.02. The number of nitro groups is 2. The lowest BCUT2D eigenvalue weighted by molar-refractivity contribution is -0.385. The summed E-state index contributed by atoms with van der Waals surface area (Å²) >= 11 is 5.44. The number of amides is 2. The average molecular weight is 509 g/mol. The van der Waals surface area contributed by atoms with Crippen LogP contribution in [0, 0.1) is 20.2 Å². The van der Waals surface area contributed by atoms with Crippen LogP contribution in [0.2, 0.25) is 0 Å². The van der Waals surface area contributed by atoms with Crippen molar-refractivity contribution < 1.29 is 29.3 Å². The second kappa shape index (κ2) is 13.9. The zero-order valence-electron chi connectivity index (χ0n) is 18.7. The molecule has 1 aliphatic heterocycles. The van der Waals surface area contributed by atoms with E-state index in [-0.39, 0.29) is 61.9 Å². The molecule has 2 aromatic carbocycles. The first-order valence-corrected chi connectivity index (χ1v) is 11.1. The molecule has 0 radical (unpaired) electrons. The normalized spacial score (nSPS) is 13.0. The number of hydrogen-bond donors (Lipinski definition) is 1. The van der Waals surface area contributed by atoms with Crippen molar-refractivity contribution in [1.29, 1.82) is 0 Å². The highest BCUT2D eigenvalue weighted by Gasteiger charge is 2.22. The van der Waals surface area contributed by atoms with Gasteiger partial charge in [-0.1, -0.05) is 36.4 Å². The van der Waals surface area contributed by atoms with E-state index in [4.69, 9.17) is 21.4 Å². The molecule has 0 spiro atoms. The summed E-state index contributed by atoms with van der Waals surface area (Å²) in [4.78, 5) is 46.6. The van der Waals surface area contributed by atoms with E-state index in [1.807, 2.05) is 0 Å². The molecule has 1 aliphatic rings. The predicted octanol–water partition coefficient (Wildman–Crippen LogP) is 2.11. The number of hydrogen-bond acceptors (Lipinski definition) is 8. The highest BCUT2D eigenvalue weighted by Crippen LogP contribution is 2.21.